The summed E-state index contributed by atoms with van der Waals surface area (Å²) in [5.41, 5.74) is 1.82. The Kier molecular flexibility index (Phi) is 13.9. The minimum absolute atomic E-state index is 0.0744. The summed E-state index contributed by atoms with van der Waals surface area (Å²) in [5, 5.41) is 8.82. The zero-order chi connectivity index (χ0) is 45.9. The van der Waals surface area contributed by atoms with E-state index in [0.29, 0.717) is 37.8 Å². The van der Waals surface area contributed by atoms with E-state index in [1.54, 1.807) is 23.1 Å². The first-order chi connectivity index (χ1) is 31.2. The van der Waals surface area contributed by atoms with Crippen LogP contribution < -0.4 is 25.6 Å². The number of likely N-dealkylation sites (N-methyl/N-ethyl adjacent to an activating group) is 1. The second kappa shape index (κ2) is 19.6. The highest BCUT2D eigenvalue weighted by Gasteiger charge is 2.61. The minimum atomic E-state index is -4.41. The van der Waals surface area contributed by atoms with Gasteiger partial charge < -0.3 is 40.1 Å². The molecular formula is C47H64N8O9S. The fraction of sp³-hybridized carbons (Fsp3) is 0.596. The van der Waals surface area contributed by atoms with E-state index in [-0.39, 0.29) is 36.8 Å². The van der Waals surface area contributed by atoms with Gasteiger partial charge in [-0.05, 0) is 101 Å². The van der Waals surface area contributed by atoms with Crippen LogP contribution in [0.1, 0.15) is 94.6 Å². The van der Waals surface area contributed by atoms with Gasteiger partial charge in [0.1, 0.15) is 34.7 Å². The number of anilines is 2. The Morgan fingerprint density at radius 1 is 0.892 bits per heavy atom. The van der Waals surface area contributed by atoms with E-state index in [1.165, 1.54) is 17.0 Å². The number of ether oxygens (including phenoxy) is 2. The van der Waals surface area contributed by atoms with E-state index in [2.05, 4.69) is 69.3 Å². The highest BCUT2D eigenvalue weighted by atomic mass is 32.2. The molecule has 5 amide bonds. The number of amides is 5. The Labute approximate surface area is 382 Å². The van der Waals surface area contributed by atoms with Gasteiger partial charge in [0.15, 0.2) is 0 Å². The van der Waals surface area contributed by atoms with Crippen LogP contribution in [0.25, 0.3) is 0 Å². The number of carbonyl (C=O) groups excluding carboxylic acids is 5. The second-order valence-corrected chi connectivity index (χ2v) is 20.5. The monoisotopic (exact) mass is 916 g/mol. The highest BCUT2D eigenvalue weighted by molar-refractivity contribution is 7.90. The quantitative estimate of drug-likeness (QED) is 0.294. The number of para-hydroxylation sites is 1. The van der Waals surface area contributed by atoms with Gasteiger partial charge in [0.25, 0.3) is 15.9 Å². The summed E-state index contributed by atoms with van der Waals surface area (Å²) in [4.78, 5) is 78.1. The molecule has 0 radical (unpaired) electrons. The van der Waals surface area contributed by atoms with Gasteiger partial charge in [0, 0.05) is 56.8 Å². The van der Waals surface area contributed by atoms with E-state index in [9.17, 15) is 32.4 Å². The molecular weight excluding hydrogens is 853 g/mol. The molecule has 2 aliphatic carbocycles. The average molecular weight is 917 g/mol. The number of hydrogen-bond donors (Lipinski definition) is 4. The summed E-state index contributed by atoms with van der Waals surface area (Å²) in [6.07, 6.45) is 7.48. The van der Waals surface area contributed by atoms with E-state index in [4.69, 9.17) is 9.47 Å². The highest BCUT2D eigenvalue weighted by Crippen LogP contribution is 2.45. The van der Waals surface area contributed by atoms with Crippen molar-refractivity contribution >= 4 is 51.3 Å². The minimum Gasteiger partial charge on any atom is -0.446 e. The smallest absolute Gasteiger partial charge is 0.410 e. The molecule has 6 atom stereocenters. The lowest BCUT2D eigenvalue weighted by Gasteiger charge is -2.30. The fourth-order valence-electron chi connectivity index (χ4n) is 10.2. The van der Waals surface area contributed by atoms with Crippen molar-refractivity contribution in [3.63, 3.8) is 0 Å². The lowest BCUT2D eigenvalue weighted by Crippen LogP contribution is -2.58. The molecule has 1 spiro atoms. The summed E-state index contributed by atoms with van der Waals surface area (Å²) in [5.74, 6) is -2.81. The molecule has 4 N–H and O–H groups in total. The first-order valence-electron chi connectivity index (χ1n) is 23.4. The third-order valence-electron chi connectivity index (χ3n) is 14.2. The molecule has 18 heteroatoms. The second-order valence-electron chi connectivity index (χ2n) is 18.8. The molecule has 6 aliphatic rings. The Bertz CT molecular complexity index is 2250. The number of sulfonamides is 1. The van der Waals surface area contributed by atoms with Gasteiger partial charge in [-0.1, -0.05) is 50.0 Å². The van der Waals surface area contributed by atoms with Crippen LogP contribution in [-0.2, 0) is 47.0 Å². The molecule has 4 heterocycles. The predicted octanol–water partition coefficient (Wildman–Crippen LogP) is 4.62. The zero-order valence-electron chi connectivity index (χ0n) is 37.6. The lowest BCUT2D eigenvalue weighted by molar-refractivity contribution is -0.141. The van der Waals surface area contributed by atoms with Crippen molar-refractivity contribution in [2.45, 2.75) is 137 Å². The van der Waals surface area contributed by atoms with Crippen LogP contribution in [-0.4, -0.2) is 129 Å². The molecule has 4 aliphatic heterocycles. The third-order valence-corrected chi connectivity index (χ3v) is 15.5. The molecule has 0 unspecified atom stereocenters. The molecule has 0 bridgehead atoms. The number of hydrogen-bond acceptors (Lipinski definition) is 12. The number of benzene rings is 2. The topological polar surface area (TPSA) is 199 Å². The molecule has 4 fully saturated rings. The van der Waals surface area contributed by atoms with Gasteiger partial charge in [-0.3, -0.25) is 19.3 Å². The van der Waals surface area contributed by atoms with Gasteiger partial charge in [-0.25, -0.2) is 22.7 Å². The molecule has 65 heavy (non-hydrogen) atoms. The Balaban J connectivity index is 1.03. The number of fused-ring (bicyclic) bond motifs is 3. The summed E-state index contributed by atoms with van der Waals surface area (Å²) in [6, 6.07) is 10.8. The standard InChI is InChI=1S/C47H64N8O9S/c1-4-33-26-47(33)44(58)51-65(61,62)41-18-12-11-16-38(41)48-22-13-7-5-6-8-17-39(49-45(59)63-36-14-9-10-15-36)43(57)55-30-37(25-40(55)42(56)50-47)64-46(60)54-27-31-19-20-34(24-32(31)28-54)53-23-21-35(29-53)52(2)3/h4,11-12,16,18-20,24,33,35-37,39-40,48H,1,5-10,13-15,17,21-23,25-30H2,2-3H3,(H,49,59)(H,50,56)(H,51,58)/t33-,35+,37-,39+,40+,47-/m1/s1. The van der Waals surface area contributed by atoms with Crippen LogP contribution >= 0.6 is 0 Å². The van der Waals surface area contributed by atoms with Crippen LogP contribution in [0.3, 0.4) is 0 Å². The van der Waals surface area contributed by atoms with Crippen LogP contribution in [0, 0.1) is 5.92 Å². The Hall–Kier alpha value is -5.36. The molecule has 2 aromatic carbocycles. The predicted molar refractivity (Wildman–Crippen MR) is 243 cm³/mol. The molecule has 8 rings (SSSR count). The maximum atomic E-state index is 14.8. The van der Waals surface area contributed by atoms with Crippen LogP contribution in [0.4, 0.5) is 21.0 Å². The van der Waals surface area contributed by atoms with Gasteiger partial charge in [-0.2, -0.15) is 0 Å². The van der Waals surface area contributed by atoms with Crippen molar-refractivity contribution < 1.29 is 41.9 Å². The molecule has 2 saturated heterocycles. The van der Waals surface area contributed by atoms with Gasteiger partial charge >= 0.3 is 12.2 Å². The van der Waals surface area contributed by atoms with Crippen molar-refractivity contribution in [2.75, 3.05) is 50.5 Å². The van der Waals surface area contributed by atoms with Crippen molar-refractivity contribution in [1.29, 1.82) is 0 Å². The van der Waals surface area contributed by atoms with Crippen LogP contribution in [0.5, 0.6) is 0 Å². The van der Waals surface area contributed by atoms with Gasteiger partial charge in [-0.15, -0.1) is 6.58 Å². The molecule has 2 saturated carbocycles. The van der Waals surface area contributed by atoms with Crippen molar-refractivity contribution in [3.05, 3.63) is 66.2 Å². The van der Waals surface area contributed by atoms with E-state index in [1.807, 2.05) is 0 Å². The molecule has 17 nitrogen and oxygen atoms in total. The van der Waals surface area contributed by atoms with Crippen LogP contribution in [0.2, 0.25) is 0 Å². The summed E-state index contributed by atoms with van der Waals surface area (Å²) in [7, 11) is -0.219. The largest absolute Gasteiger partial charge is 0.446 e. The zero-order valence-corrected chi connectivity index (χ0v) is 38.4. The van der Waals surface area contributed by atoms with Crippen molar-refractivity contribution in [3.8, 4) is 0 Å². The maximum absolute atomic E-state index is 14.8. The Morgan fingerprint density at radius 3 is 2.38 bits per heavy atom. The summed E-state index contributed by atoms with van der Waals surface area (Å²) in [6.45, 7) is 6.72. The maximum Gasteiger partial charge on any atom is 0.410 e. The van der Waals surface area contributed by atoms with E-state index < -0.39 is 69.6 Å². The summed E-state index contributed by atoms with van der Waals surface area (Å²) < 4.78 is 41.6. The number of rotatable bonds is 6. The van der Waals surface area contributed by atoms with Crippen molar-refractivity contribution in [2.24, 2.45) is 5.92 Å². The number of carbonyl (C=O) groups is 5. The average Bonchev–Trinajstić information content (AvgIpc) is 3.89. The SMILES string of the molecule is C=C[C@@H]1C[C@@]12NC(=O)[C@@H]1C[C@@H](OC(=O)N3Cc4ccc(N5CC[C@H](N(C)C)C5)cc4C3)CN1C(=O)[C@@H](NC(=O)OC1CCCC1)CCCCCCCNc1ccccc1S(=O)(=O)NC2=O. The summed E-state index contributed by atoms with van der Waals surface area (Å²) >= 11 is 0. The number of nitrogens with one attached hydrogen (secondary N) is 4. The number of nitrogens with zero attached hydrogens (tertiary/aromatic N) is 4. The lowest BCUT2D eigenvalue weighted by atomic mass is 10.0. The van der Waals surface area contributed by atoms with E-state index in [0.717, 1.165) is 87.7 Å². The van der Waals surface area contributed by atoms with Crippen molar-refractivity contribution in [1.82, 2.24) is 30.1 Å². The normalized spacial score (nSPS) is 28.7. The van der Waals surface area contributed by atoms with Crippen LogP contribution in [0.15, 0.2) is 60.0 Å². The molecule has 0 aromatic heterocycles. The first-order valence-corrected chi connectivity index (χ1v) is 24.8. The first kappa shape index (κ1) is 46.2. The fourth-order valence-corrected chi connectivity index (χ4v) is 11.4. The van der Waals surface area contributed by atoms with Gasteiger partial charge in [0.2, 0.25) is 11.8 Å². The molecule has 352 valence electrons. The van der Waals surface area contributed by atoms with Gasteiger partial charge in [0.05, 0.1) is 12.2 Å². The third kappa shape index (κ3) is 10.4. The Morgan fingerprint density at radius 2 is 1.63 bits per heavy atom. The number of alkyl carbamates (subject to hydrolysis) is 1. The molecule has 2 aromatic rings. The van der Waals surface area contributed by atoms with E-state index >= 15 is 0 Å².